The van der Waals surface area contributed by atoms with Crippen LogP contribution in [0.5, 0.6) is 0 Å². The molecule has 2 heteroatoms. The van der Waals surface area contributed by atoms with Gasteiger partial charge in [0.2, 0.25) is 5.91 Å². The van der Waals surface area contributed by atoms with E-state index in [2.05, 4.69) is 11.2 Å². The molecule has 0 spiro atoms. The summed E-state index contributed by atoms with van der Waals surface area (Å²) in [6, 6.07) is 0. The number of carbonyl (C=O) groups excluding carboxylic acids is 1. The zero-order valence-electron chi connectivity index (χ0n) is 7.05. The van der Waals surface area contributed by atoms with E-state index in [4.69, 9.17) is 6.42 Å². The Hall–Kier alpha value is -0.970. The van der Waals surface area contributed by atoms with E-state index in [0.29, 0.717) is 24.3 Å². The van der Waals surface area contributed by atoms with Crippen LogP contribution in [0.25, 0.3) is 0 Å². The van der Waals surface area contributed by atoms with Crippen LogP contribution < -0.4 is 5.32 Å². The normalized spacial score (nSPS) is 36.8. The Bertz CT molecular complexity index is 231. The number of rotatable bonds is 2. The predicted octanol–water partition coefficient (Wildman–Crippen LogP) is 0.782. The Balaban J connectivity index is 1.81. The maximum absolute atomic E-state index is 11.4. The molecule has 12 heavy (non-hydrogen) atoms. The summed E-state index contributed by atoms with van der Waals surface area (Å²) in [7, 11) is 0. The molecule has 2 aliphatic rings. The van der Waals surface area contributed by atoms with Gasteiger partial charge in [-0.2, -0.15) is 0 Å². The van der Waals surface area contributed by atoms with E-state index >= 15 is 0 Å². The molecule has 2 nitrogen and oxygen atoms in total. The molecular formula is C10H13NO. The first-order chi connectivity index (χ1) is 5.84. The Morgan fingerprint density at radius 1 is 1.50 bits per heavy atom. The van der Waals surface area contributed by atoms with E-state index in [1.54, 1.807) is 0 Å². The Morgan fingerprint density at radius 3 is 2.75 bits per heavy atom. The summed E-state index contributed by atoms with van der Waals surface area (Å²) < 4.78 is 0. The highest BCUT2D eigenvalue weighted by molar-refractivity contribution is 5.82. The third-order valence-electron chi connectivity index (χ3n) is 3.07. The standard InChI is InChI=1S/C10H13NO/c1-2-6-11-10(12)9-7-4-3-5-8(7)9/h1,7-9H,3-6H2,(H,11,12). The lowest BCUT2D eigenvalue weighted by Gasteiger charge is -2.02. The van der Waals surface area contributed by atoms with Crippen molar-refractivity contribution < 1.29 is 4.79 Å². The van der Waals surface area contributed by atoms with Crippen molar-refractivity contribution >= 4 is 5.91 Å². The molecule has 1 amide bonds. The van der Waals surface area contributed by atoms with Crippen LogP contribution in [-0.4, -0.2) is 12.5 Å². The molecule has 0 bridgehead atoms. The van der Waals surface area contributed by atoms with Crippen molar-refractivity contribution in [2.45, 2.75) is 19.3 Å². The second-order valence-electron chi connectivity index (χ2n) is 3.71. The van der Waals surface area contributed by atoms with E-state index < -0.39 is 0 Å². The van der Waals surface area contributed by atoms with Crippen LogP contribution in [0.2, 0.25) is 0 Å². The fourth-order valence-corrected chi connectivity index (χ4v) is 2.47. The third kappa shape index (κ3) is 1.10. The van der Waals surface area contributed by atoms with Gasteiger partial charge in [0, 0.05) is 5.92 Å². The van der Waals surface area contributed by atoms with Gasteiger partial charge in [0.1, 0.15) is 0 Å². The van der Waals surface area contributed by atoms with E-state index in [9.17, 15) is 4.79 Å². The Kier molecular flexibility index (Phi) is 1.80. The highest BCUT2D eigenvalue weighted by Crippen LogP contribution is 2.57. The Labute approximate surface area is 72.7 Å². The summed E-state index contributed by atoms with van der Waals surface area (Å²) in [6.45, 7) is 0.384. The van der Waals surface area contributed by atoms with Crippen LogP contribution in [0.1, 0.15) is 19.3 Å². The highest BCUT2D eigenvalue weighted by Gasteiger charge is 2.56. The molecule has 0 aromatic carbocycles. The zero-order valence-corrected chi connectivity index (χ0v) is 7.05. The van der Waals surface area contributed by atoms with Crippen molar-refractivity contribution in [3.05, 3.63) is 0 Å². The number of carbonyl (C=O) groups is 1. The van der Waals surface area contributed by atoms with Crippen molar-refractivity contribution in [2.24, 2.45) is 17.8 Å². The molecule has 0 aromatic rings. The molecule has 0 saturated heterocycles. The number of amides is 1. The van der Waals surface area contributed by atoms with Gasteiger partial charge in [-0.25, -0.2) is 0 Å². The maximum Gasteiger partial charge on any atom is 0.224 e. The van der Waals surface area contributed by atoms with Crippen molar-refractivity contribution in [1.29, 1.82) is 0 Å². The first kappa shape index (κ1) is 7.67. The van der Waals surface area contributed by atoms with Crippen LogP contribution in [-0.2, 0) is 4.79 Å². The second-order valence-corrected chi connectivity index (χ2v) is 3.71. The van der Waals surface area contributed by atoms with Crippen LogP contribution in [0.4, 0.5) is 0 Å². The van der Waals surface area contributed by atoms with Crippen molar-refractivity contribution in [2.75, 3.05) is 6.54 Å². The van der Waals surface area contributed by atoms with Gasteiger partial charge in [-0.05, 0) is 24.7 Å². The largest absolute Gasteiger partial charge is 0.345 e. The number of terminal acetylenes is 1. The van der Waals surface area contributed by atoms with Crippen LogP contribution >= 0.6 is 0 Å². The minimum Gasteiger partial charge on any atom is -0.345 e. The molecule has 2 fully saturated rings. The van der Waals surface area contributed by atoms with Gasteiger partial charge in [-0.1, -0.05) is 12.3 Å². The molecule has 2 aliphatic carbocycles. The van der Waals surface area contributed by atoms with Gasteiger partial charge in [-0.3, -0.25) is 4.79 Å². The molecule has 0 heterocycles. The quantitative estimate of drug-likeness (QED) is 0.599. The van der Waals surface area contributed by atoms with E-state index in [1.165, 1.54) is 19.3 Å². The van der Waals surface area contributed by atoms with Crippen molar-refractivity contribution in [1.82, 2.24) is 5.32 Å². The molecular weight excluding hydrogens is 150 g/mol. The van der Waals surface area contributed by atoms with Crippen molar-refractivity contribution in [3.63, 3.8) is 0 Å². The fourth-order valence-electron chi connectivity index (χ4n) is 2.47. The zero-order chi connectivity index (χ0) is 8.55. The molecule has 0 aliphatic heterocycles. The summed E-state index contributed by atoms with van der Waals surface area (Å²) >= 11 is 0. The molecule has 0 aromatic heterocycles. The average Bonchev–Trinajstić information content (AvgIpc) is 2.56. The van der Waals surface area contributed by atoms with E-state index in [0.717, 1.165) is 0 Å². The summed E-state index contributed by atoms with van der Waals surface area (Å²) in [5.41, 5.74) is 0. The SMILES string of the molecule is C#CCNC(=O)C1C2CCCC21. The topological polar surface area (TPSA) is 29.1 Å². The van der Waals surface area contributed by atoms with Crippen LogP contribution in [0.15, 0.2) is 0 Å². The van der Waals surface area contributed by atoms with E-state index in [-0.39, 0.29) is 5.91 Å². The molecule has 64 valence electrons. The first-order valence-electron chi connectivity index (χ1n) is 4.56. The minimum absolute atomic E-state index is 0.183. The lowest BCUT2D eigenvalue weighted by Crippen LogP contribution is -2.26. The van der Waals surface area contributed by atoms with Gasteiger partial charge < -0.3 is 5.32 Å². The van der Waals surface area contributed by atoms with Gasteiger partial charge in [0.25, 0.3) is 0 Å². The van der Waals surface area contributed by atoms with Gasteiger partial charge >= 0.3 is 0 Å². The third-order valence-corrected chi connectivity index (χ3v) is 3.07. The van der Waals surface area contributed by atoms with Crippen LogP contribution in [0.3, 0.4) is 0 Å². The summed E-state index contributed by atoms with van der Waals surface area (Å²) in [6.07, 6.45) is 8.86. The van der Waals surface area contributed by atoms with Gasteiger partial charge in [-0.15, -0.1) is 6.42 Å². The smallest absolute Gasteiger partial charge is 0.224 e. The molecule has 1 N–H and O–H groups in total. The number of nitrogens with one attached hydrogen (secondary N) is 1. The van der Waals surface area contributed by atoms with Crippen LogP contribution in [0, 0.1) is 30.1 Å². The molecule has 2 rings (SSSR count). The van der Waals surface area contributed by atoms with Gasteiger partial charge in [0.05, 0.1) is 6.54 Å². The van der Waals surface area contributed by atoms with Gasteiger partial charge in [0.15, 0.2) is 0 Å². The second kappa shape index (κ2) is 2.82. The molecule has 2 atom stereocenters. The monoisotopic (exact) mass is 163 g/mol. The molecule has 2 unspecified atom stereocenters. The highest BCUT2D eigenvalue weighted by atomic mass is 16.2. The molecule has 2 saturated carbocycles. The maximum atomic E-state index is 11.4. The molecule has 0 radical (unpaired) electrons. The summed E-state index contributed by atoms with van der Waals surface area (Å²) in [5.74, 6) is 4.30. The predicted molar refractivity (Wildman–Crippen MR) is 46.2 cm³/mol. The van der Waals surface area contributed by atoms with Crippen molar-refractivity contribution in [3.8, 4) is 12.3 Å². The fraction of sp³-hybridized carbons (Fsp3) is 0.700. The summed E-state index contributed by atoms with van der Waals surface area (Å²) in [4.78, 5) is 11.4. The number of fused-ring (bicyclic) bond motifs is 1. The lowest BCUT2D eigenvalue weighted by molar-refractivity contribution is -0.122. The Morgan fingerprint density at radius 2 is 2.17 bits per heavy atom. The lowest BCUT2D eigenvalue weighted by atomic mass is 10.1. The number of hydrogen-bond acceptors (Lipinski definition) is 1. The average molecular weight is 163 g/mol. The summed E-state index contributed by atoms with van der Waals surface area (Å²) in [5, 5.41) is 2.75. The van der Waals surface area contributed by atoms with E-state index in [1.807, 2.05) is 0 Å². The minimum atomic E-state index is 0.183. The first-order valence-corrected chi connectivity index (χ1v) is 4.56. The number of hydrogen-bond donors (Lipinski definition) is 1.